The molecule has 0 aliphatic heterocycles. The first-order chi connectivity index (χ1) is 14.5. The monoisotopic (exact) mass is 422 g/mol. The molecule has 0 fully saturated rings. The van der Waals surface area contributed by atoms with Crippen molar-refractivity contribution < 1.29 is 29.3 Å². The zero-order valence-electron chi connectivity index (χ0n) is 18.6. The Labute approximate surface area is 180 Å². The molecule has 2 N–H and O–H groups in total. The van der Waals surface area contributed by atoms with Crippen molar-refractivity contribution in [3.05, 3.63) is 23.3 Å². The predicted molar refractivity (Wildman–Crippen MR) is 118 cm³/mol. The molecule has 0 aliphatic carbocycles. The quantitative estimate of drug-likeness (QED) is 0.260. The van der Waals surface area contributed by atoms with Crippen molar-refractivity contribution in [2.75, 3.05) is 13.2 Å². The molecule has 0 saturated heterocycles. The third-order valence-corrected chi connectivity index (χ3v) is 5.06. The van der Waals surface area contributed by atoms with Crippen LogP contribution in [0.1, 0.15) is 112 Å². The molecule has 6 heteroatoms. The second kappa shape index (κ2) is 15.6. The van der Waals surface area contributed by atoms with Crippen molar-refractivity contribution in [1.29, 1.82) is 0 Å². The predicted octanol–water partition coefficient (Wildman–Crippen LogP) is 6.56. The summed E-state index contributed by atoms with van der Waals surface area (Å²) in [5.74, 6) is -1.98. The first-order valence-corrected chi connectivity index (χ1v) is 11.4. The minimum Gasteiger partial charge on any atom is -0.490 e. The molecule has 1 aromatic carbocycles. The number of carbonyl (C=O) groups is 2. The van der Waals surface area contributed by atoms with Crippen molar-refractivity contribution in [1.82, 2.24) is 0 Å². The molecule has 6 nitrogen and oxygen atoms in total. The van der Waals surface area contributed by atoms with Crippen molar-refractivity contribution in [3.8, 4) is 11.5 Å². The van der Waals surface area contributed by atoms with Gasteiger partial charge in [-0.2, -0.15) is 0 Å². The fraction of sp³-hybridized carbons (Fsp3) is 0.667. The van der Waals surface area contributed by atoms with Crippen LogP contribution in [0.4, 0.5) is 0 Å². The molecule has 170 valence electrons. The van der Waals surface area contributed by atoms with E-state index in [2.05, 4.69) is 13.8 Å². The maximum absolute atomic E-state index is 11.5. The van der Waals surface area contributed by atoms with Crippen molar-refractivity contribution in [3.63, 3.8) is 0 Å². The lowest BCUT2D eigenvalue weighted by molar-refractivity contribution is 0.0650. The number of rotatable bonds is 18. The smallest absolute Gasteiger partial charge is 0.336 e. The van der Waals surface area contributed by atoms with Crippen LogP contribution in [0.5, 0.6) is 11.5 Å². The Morgan fingerprint density at radius 1 is 0.633 bits per heavy atom. The highest BCUT2D eigenvalue weighted by atomic mass is 16.5. The van der Waals surface area contributed by atoms with Gasteiger partial charge >= 0.3 is 11.9 Å². The van der Waals surface area contributed by atoms with Gasteiger partial charge in [-0.25, -0.2) is 9.59 Å². The minimum atomic E-state index is -1.29. The average Bonchev–Trinajstić information content (AvgIpc) is 2.72. The summed E-state index contributed by atoms with van der Waals surface area (Å²) < 4.78 is 11.6. The van der Waals surface area contributed by atoms with Gasteiger partial charge in [-0.15, -0.1) is 0 Å². The Morgan fingerprint density at radius 3 is 1.30 bits per heavy atom. The molecular weight excluding hydrogens is 384 g/mol. The number of benzene rings is 1. The van der Waals surface area contributed by atoms with Crippen LogP contribution < -0.4 is 9.47 Å². The van der Waals surface area contributed by atoms with Gasteiger partial charge in [0, 0.05) is 0 Å². The van der Waals surface area contributed by atoms with Crippen LogP contribution in [-0.4, -0.2) is 35.4 Å². The van der Waals surface area contributed by atoms with E-state index in [9.17, 15) is 19.8 Å². The molecule has 0 unspecified atom stereocenters. The molecule has 1 rings (SSSR count). The number of unbranched alkanes of at least 4 members (excludes halogenated alkanes) is 10. The number of hydrogen-bond donors (Lipinski definition) is 2. The van der Waals surface area contributed by atoms with Gasteiger partial charge in [0.05, 0.1) is 24.3 Å². The molecule has 0 aromatic heterocycles. The molecule has 1 aromatic rings. The van der Waals surface area contributed by atoms with Crippen LogP contribution in [0, 0.1) is 0 Å². The average molecular weight is 423 g/mol. The van der Waals surface area contributed by atoms with Crippen LogP contribution in [-0.2, 0) is 0 Å². The van der Waals surface area contributed by atoms with E-state index >= 15 is 0 Å². The first-order valence-electron chi connectivity index (χ1n) is 11.4. The van der Waals surface area contributed by atoms with Gasteiger partial charge in [-0.3, -0.25) is 0 Å². The molecule has 30 heavy (non-hydrogen) atoms. The Bertz CT molecular complexity index is 586. The highest BCUT2D eigenvalue weighted by Gasteiger charge is 2.21. The SMILES string of the molecule is CCCCCCCCOc1cc(C(=O)O)c(C(=O)O)cc1OCCCCCCCC. The van der Waals surface area contributed by atoms with E-state index in [1.54, 1.807) is 0 Å². The Balaban J connectivity index is 2.72. The van der Waals surface area contributed by atoms with Crippen molar-refractivity contribution in [2.45, 2.75) is 90.9 Å². The molecule has 0 bridgehead atoms. The second-order valence-electron chi connectivity index (χ2n) is 7.69. The Hall–Kier alpha value is -2.24. The molecule has 0 aliphatic rings. The third kappa shape index (κ3) is 9.99. The fourth-order valence-corrected chi connectivity index (χ4v) is 3.27. The van der Waals surface area contributed by atoms with Crippen LogP contribution >= 0.6 is 0 Å². The third-order valence-electron chi connectivity index (χ3n) is 5.06. The van der Waals surface area contributed by atoms with Gasteiger partial charge in [0.15, 0.2) is 11.5 Å². The van der Waals surface area contributed by atoms with Gasteiger partial charge in [-0.05, 0) is 25.0 Å². The summed E-state index contributed by atoms with van der Waals surface area (Å²) in [4.78, 5) is 23.0. The van der Waals surface area contributed by atoms with Crippen LogP contribution in [0.2, 0.25) is 0 Å². The summed E-state index contributed by atoms with van der Waals surface area (Å²) in [7, 11) is 0. The normalized spacial score (nSPS) is 10.7. The Morgan fingerprint density at radius 2 is 0.967 bits per heavy atom. The zero-order chi connectivity index (χ0) is 22.2. The molecule has 0 spiro atoms. The van der Waals surface area contributed by atoms with E-state index in [0.717, 1.165) is 38.5 Å². The minimum absolute atomic E-state index is 0.285. The topological polar surface area (TPSA) is 93.1 Å². The zero-order valence-corrected chi connectivity index (χ0v) is 18.6. The Kier molecular flexibility index (Phi) is 13.4. The summed E-state index contributed by atoms with van der Waals surface area (Å²) in [6.45, 7) is 5.25. The maximum Gasteiger partial charge on any atom is 0.336 e. The largest absolute Gasteiger partial charge is 0.490 e. The molecule has 0 heterocycles. The second-order valence-corrected chi connectivity index (χ2v) is 7.69. The summed E-state index contributed by atoms with van der Waals surface area (Å²) in [5.41, 5.74) is -0.570. The van der Waals surface area contributed by atoms with Gasteiger partial charge in [-0.1, -0.05) is 78.1 Å². The van der Waals surface area contributed by atoms with E-state index < -0.39 is 11.9 Å². The lowest BCUT2D eigenvalue weighted by Gasteiger charge is -2.15. The number of ether oxygens (including phenoxy) is 2. The van der Waals surface area contributed by atoms with E-state index in [1.807, 2.05) is 0 Å². The summed E-state index contributed by atoms with van der Waals surface area (Å²) in [6, 6.07) is 2.55. The fourth-order valence-electron chi connectivity index (χ4n) is 3.27. The first kappa shape index (κ1) is 25.8. The standard InChI is InChI=1S/C24H38O6/c1-3-5-7-9-11-13-15-29-21-17-19(23(25)26)20(24(27)28)18-22(21)30-16-14-12-10-8-6-4-2/h17-18H,3-16H2,1-2H3,(H,25,26)(H,27,28). The molecule has 0 atom stereocenters. The van der Waals surface area contributed by atoms with Gasteiger partial charge in [0.25, 0.3) is 0 Å². The lowest BCUT2D eigenvalue weighted by atomic mass is 10.1. The highest BCUT2D eigenvalue weighted by Crippen LogP contribution is 2.32. The molecule has 0 saturated carbocycles. The van der Waals surface area contributed by atoms with Gasteiger partial charge < -0.3 is 19.7 Å². The molecule has 0 radical (unpaired) electrons. The highest BCUT2D eigenvalue weighted by molar-refractivity contribution is 6.02. The van der Waals surface area contributed by atoms with Crippen molar-refractivity contribution >= 4 is 11.9 Å². The van der Waals surface area contributed by atoms with Gasteiger partial charge in [0.1, 0.15) is 0 Å². The lowest BCUT2D eigenvalue weighted by Crippen LogP contribution is -2.11. The van der Waals surface area contributed by atoms with E-state index in [0.29, 0.717) is 24.7 Å². The number of carboxylic acids is 2. The van der Waals surface area contributed by atoms with Crippen LogP contribution in [0.25, 0.3) is 0 Å². The van der Waals surface area contributed by atoms with Crippen LogP contribution in [0.3, 0.4) is 0 Å². The number of carboxylic acid groups (broad SMARTS) is 2. The van der Waals surface area contributed by atoms with E-state index in [1.165, 1.54) is 50.7 Å². The van der Waals surface area contributed by atoms with E-state index in [4.69, 9.17) is 9.47 Å². The van der Waals surface area contributed by atoms with Crippen molar-refractivity contribution in [2.24, 2.45) is 0 Å². The molecular formula is C24H38O6. The maximum atomic E-state index is 11.5. The van der Waals surface area contributed by atoms with Gasteiger partial charge in [0.2, 0.25) is 0 Å². The summed E-state index contributed by atoms with van der Waals surface area (Å²) in [5, 5.41) is 18.8. The molecule has 0 amide bonds. The summed E-state index contributed by atoms with van der Waals surface area (Å²) >= 11 is 0. The van der Waals surface area contributed by atoms with E-state index in [-0.39, 0.29) is 11.1 Å². The number of hydrogen-bond acceptors (Lipinski definition) is 4. The number of aromatic carboxylic acids is 2. The summed E-state index contributed by atoms with van der Waals surface area (Å²) in [6.07, 6.45) is 13.4. The van der Waals surface area contributed by atoms with Crippen LogP contribution in [0.15, 0.2) is 12.1 Å².